The molecular weight excluding hydrogens is 182 g/mol. The average Bonchev–Trinajstić information content (AvgIpc) is 2.51. The van der Waals surface area contributed by atoms with Crippen LogP contribution in [-0.4, -0.2) is 49.7 Å². The number of hydrogen-bond acceptors (Lipinski definition) is 4. The van der Waals surface area contributed by atoms with E-state index in [-0.39, 0.29) is 17.7 Å². The van der Waals surface area contributed by atoms with Crippen LogP contribution in [0.5, 0.6) is 0 Å². The molecule has 2 atom stereocenters. The fourth-order valence-corrected chi connectivity index (χ4v) is 2.08. The second kappa shape index (κ2) is 4.14. The smallest absolute Gasteiger partial charge is 0.0948 e. The van der Waals surface area contributed by atoms with Crippen molar-refractivity contribution in [2.75, 3.05) is 26.9 Å². The Labute approximate surface area is 84.6 Å². The normalized spacial score (nSPS) is 35.6. The Balaban J connectivity index is 1.75. The first kappa shape index (κ1) is 10.4. The Hall–Kier alpha value is -0.160. The number of hydrogen-bond donors (Lipinski definition) is 2. The molecule has 2 fully saturated rings. The number of aliphatic hydroxyl groups is 1. The highest BCUT2D eigenvalue weighted by molar-refractivity contribution is 4.93. The highest BCUT2D eigenvalue weighted by Gasteiger charge is 2.38. The van der Waals surface area contributed by atoms with E-state index in [1.54, 1.807) is 7.11 Å². The molecule has 1 saturated heterocycles. The third-order valence-corrected chi connectivity index (χ3v) is 3.43. The van der Waals surface area contributed by atoms with Gasteiger partial charge in [0.05, 0.1) is 31.0 Å². The Morgan fingerprint density at radius 2 is 2.29 bits per heavy atom. The topological polar surface area (TPSA) is 50.7 Å². The molecule has 4 heteroatoms. The van der Waals surface area contributed by atoms with Crippen molar-refractivity contribution < 1.29 is 14.6 Å². The lowest BCUT2D eigenvalue weighted by Crippen LogP contribution is -2.52. The number of methoxy groups -OCH3 is 1. The first-order valence-electron chi connectivity index (χ1n) is 5.30. The zero-order chi connectivity index (χ0) is 10.0. The van der Waals surface area contributed by atoms with Gasteiger partial charge in [-0.1, -0.05) is 0 Å². The molecule has 0 aromatic carbocycles. The quantitative estimate of drug-likeness (QED) is 0.667. The summed E-state index contributed by atoms with van der Waals surface area (Å²) in [6.07, 6.45) is 3.14. The summed E-state index contributed by atoms with van der Waals surface area (Å²) in [7, 11) is 1.77. The summed E-state index contributed by atoms with van der Waals surface area (Å²) in [5, 5.41) is 12.8. The van der Waals surface area contributed by atoms with Gasteiger partial charge in [0.1, 0.15) is 0 Å². The monoisotopic (exact) mass is 201 g/mol. The standard InChI is InChI=1S/C10H19NO3/c1-13-10(3-2-4-10)7-11-8-5-14-6-9(8)12/h8-9,11-12H,2-7H2,1H3. The lowest BCUT2D eigenvalue weighted by atomic mass is 9.80. The van der Waals surface area contributed by atoms with Crippen molar-refractivity contribution in [3.05, 3.63) is 0 Å². The van der Waals surface area contributed by atoms with E-state index in [1.807, 2.05) is 0 Å². The Morgan fingerprint density at radius 3 is 2.71 bits per heavy atom. The zero-order valence-corrected chi connectivity index (χ0v) is 8.66. The van der Waals surface area contributed by atoms with Gasteiger partial charge >= 0.3 is 0 Å². The molecule has 1 aliphatic carbocycles. The van der Waals surface area contributed by atoms with Gasteiger partial charge in [0.2, 0.25) is 0 Å². The van der Waals surface area contributed by atoms with Crippen molar-refractivity contribution in [3.63, 3.8) is 0 Å². The molecule has 1 heterocycles. The van der Waals surface area contributed by atoms with Crippen molar-refractivity contribution in [1.29, 1.82) is 0 Å². The van der Waals surface area contributed by atoms with Crippen LogP contribution in [0.1, 0.15) is 19.3 Å². The van der Waals surface area contributed by atoms with Crippen molar-refractivity contribution >= 4 is 0 Å². The van der Waals surface area contributed by atoms with Crippen molar-refractivity contribution in [1.82, 2.24) is 5.32 Å². The Bertz CT molecular complexity index is 188. The average molecular weight is 201 g/mol. The number of rotatable bonds is 4. The summed E-state index contributed by atoms with van der Waals surface area (Å²) in [4.78, 5) is 0. The summed E-state index contributed by atoms with van der Waals surface area (Å²) >= 11 is 0. The minimum absolute atomic E-state index is 0.0301. The Morgan fingerprint density at radius 1 is 1.50 bits per heavy atom. The van der Waals surface area contributed by atoms with Crippen LogP contribution in [0.25, 0.3) is 0 Å². The fourth-order valence-electron chi connectivity index (χ4n) is 2.08. The maximum Gasteiger partial charge on any atom is 0.0948 e. The van der Waals surface area contributed by atoms with Gasteiger partial charge in [0, 0.05) is 13.7 Å². The molecule has 2 N–H and O–H groups in total. The van der Waals surface area contributed by atoms with E-state index in [0.717, 1.165) is 19.4 Å². The summed E-state index contributed by atoms with van der Waals surface area (Å²) in [6.45, 7) is 1.90. The third kappa shape index (κ3) is 1.93. The molecular formula is C10H19NO3. The zero-order valence-electron chi connectivity index (χ0n) is 8.66. The van der Waals surface area contributed by atoms with E-state index in [0.29, 0.717) is 13.2 Å². The molecule has 0 bridgehead atoms. The largest absolute Gasteiger partial charge is 0.389 e. The van der Waals surface area contributed by atoms with Gasteiger partial charge in [-0.15, -0.1) is 0 Å². The van der Waals surface area contributed by atoms with Crippen LogP contribution >= 0.6 is 0 Å². The molecule has 2 rings (SSSR count). The lowest BCUT2D eigenvalue weighted by Gasteiger charge is -2.41. The number of nitrogens with one attached hydrogen (secondary N) is 1. The van der Waals surface area contributed by atoms with E-state index in [4.69, 9.17) is 9.47 Å². The van der Waals surface area contributed by atoms with Crippen LogP contribution in [0.4, 0.5) is 0 Å². The SMILES string of the molecule is COC1(CNC2COCC2O)CCC1. The van der Waals surface area contributed by atoms with Crippen LogP contribution in [0, 0.1) is 0 Å². The predicted octanol–water partition coefficient (Wildman–Crippen LogP) is -0.0952. The molecule has 0 radical (unpaired) electrons. The summed E-state index contributed by atoms with van der Waals surface area (Å²) in [5.41, 5.74) is 0.0301. The maximum absolute atomic E-state index is 9.52. The predicted molar refractivity (Wildman–Crippen MR) is 52.2 cm³/mol. The second-order valence-electron chi connectivity index (χ2n) is 4.33. The van der Waals surface area contributed by atoms with E-state index in [2.05, 4.69) is 5.32 Å². The number of aliphatic hydroxyl groups excluding tert-OH is 1. The number of ether oxygens (including phenoxy) is 2. The molecule has 0 spiro atoms. The van der Waals surface area contributed by atoms with Crippen molar-refractivity contribution in [3.8, 4) is 0 Å². The van der Waals surface area contributed by atoms with Gasteiger partial charge < -0.3 is 19.9 Å². The molecule has 0 aromatic heterocycles. The van der Waals surface area contributed by atoms with Crippen LogP contribution < -0.4 is 5.32 Å². The van der Waals surface area contributed by atoms with Crippen LogP contribution in [0.15, 0.2) is 0 Å². The summed E-state index contributed by atoms with van der Waals surface area (Å²) in [6, 6.07) is 0.0858. The highest BCUT2D eigenvalue weighted by atomic mass is 16.5. The minimum Gasteiger partial charge on any atom is -0.389 e. The van der Waals surface area contributed by atoms with Gasteiger partial charge in [-0.3, -0.25) is 0 Å². The highest BCUT2D eigenvalue weighted by Crippen LogP contribution is 2.34. The van der Waals surface area contributed by atoms with Gasteiger partial charge in [-0.2, -0.15) is 0 Å². The Kier molecular flexibility index (Phi) is 3.07. The first-order valence-corrected chi connectivity index (χ1v) is 5.30. The summed E-state index contributed by atoms with van der Waals surface area (Å²) in [5.74, 6) is 0. The minimum atomic E-state index is -0.357. The van der Waals surface area contributed by atoms with Gasteiger partial charge in [-0.05, 0) is 19.3 Å². The fraction of sp³-hybridized carbons (Fsp3) is 1.00. The van der Waals surface area contributed by atoms with Crippen LogP contribution in [-0.2, 0) is 9.47 Å². The molecule has 1 saturated carbocycles. The molecule has 82 valence electrons. The van der Waals surface area contributed by atoms with E-state index in [1.165, 1.54) is 6.42 Å². The first-order chi connectivity index (χ1) is 6.76. The van der Waals surface area contributed by atoms with E-state index >= 15 is 0 Å². The molecule has 14 heavy (non-hydrogen) atoms. The third-order valence-electron chi connectivity index (χ3n) is 3.43. The van der Waals surface area contributed by atoms with Crippen molar-refractivity contribution in [2.45, 2.75) is 37.0 Å². The molecule has 4 nitrogen and oxygen atoms in total. The molecule has 2 unspecified atom stereocenters. The van der Waals surface area contributed by atoms with Gasteiger partial charge in [-0.25, -0.2) is 0 Å². The van der Waals surface area contributed by atoms with E-state index < -0.39 is 0 Å². The maximum atomic E-state index is 9.52. The van der Waals surface area contributed by atoms with Crippen molar-refractivity contribution in [2.24, 2.45) is 0 Å². The molecule has 0 amide bonds. The summed E-state index contributed by atoms with van der Waals surface area (Å²) < 4.78 is 10.7. The van der Waals surface area contributed by atoms with Gasteiger partial charge in [0.25, 0.3) is 0 Å². The van der Waals surface area contributed by atoms with Crippen LogP contribution in [0.3, 0.4) is 0 Å². The molecule has 2 aliphatic rings. The van der Waals surface area contributed by atoms with Crippen LogP contribution in [0.2, 0.25) is 0 Å². The molecule has 1 aliphatic heterocycles. The second-order valence-corrected chi connectivity index (χ2v) is 4.33. The lowest BCUT2D eigenvalue weighted by molar-refractivity contribution is -0.0721. The molecule has 0 aromatic rings. The van der Waals surface area contributed by atoms with Gasteiger partial charge in [0.15, 0.2) is 0 Å². The van der Waals surface area contributed by atoms with E-state index in [9.17, 15) is 5.11 Å².